The van der Waals surface area contributed by atoms with Crippen molar-refractivity contribution in [3.05, 3.63) is 17.9 Å². The van der Waals surface area contributed by atoms with Gasteiger partial charge >= 0.3 is 0 Å². The largest absolute Gasteiger partial charge is 0.492 e. The van der Waals surface area contributed by atoms with Crippen LogP contribution in [0.15, 0.2) is 17.0 Å². The van der Waals surface area contributed by atoms with Gasteiger partial charge in [-0.3, -0.25) is 0 Å². The van der Waals surface area contributed by atoms with Crippen molar-refractivity contribution in [3.63, 3.8) is 0 Å². The molecule has 1 rings (SSSR count). The topological polar surface area (TPSA) is 90.7 Å². The Bertz CT molecular complexity index is 558. The Morgan fingerprint density at radius 3 is 2.57 bits per heavy atom. The highest BCUT2D eigenvalue weighted by Gasteiger charge is 2.18. The summed E-state index contributed by atoms with van der Waals surface area (Å²) in [5, 5.41) is 0. The number of halogens is 3. The summed E-state index contributed by atoms with van der Waals surface area (Å²) in [6, 6.07) is 1.78. The Morgan fingerprint density at radius 2 is 2.05 bits per heavy atom. The molecule has 6 nitrogen and oxygen atoms in total. The number of rotatable bonds is 8. The van der Waals surface area contributed by atoms with Crippen molar-refractivity contribution in [2.75, 3.05) is 32.6 Å². The molecule has 10 heteroatoms. The zero-order valence-corrected chi connectivity index (χ0v) is 11.9. The molecule has 1 aromatic carbocycles. The first-order valence-electron chi connectivity index (χ1n) is 5.76. The minimum absolute atomic E-state index is 0.174. The molecule has 0 radical (unpaired) electrons. The van der Waals surface area contributed by atoms with Crippen LogP contribution in [-0.2, 0) is 14.8 Å². The quantitative estimate of drug-likeness (QED) is 0.548. The molecule has 0 aliphatic rings. The van der Waals surface area contributed by atoms with Crippen LogP contribution >= 0.6 is 0 Å². The molecule has 0 saturated carbocycles. The Balaban J connectivity index is 2.71. The fourth-order valence-electron chi connectivity index (χ4n) is 1.46. The fraction of sp³-hybridized carbons (Fsp3) is 0.455. The van der Waals surface area contributed by atoms with Crippen molar-refractivity contribution < 1.29 is 31.1 Å². The third-order valence-electron chi connectivity index (χ3n) is 2.34. The first-order chi connectivity index (χ1) is 9.77. The molecule has 0 atom stereocenters. The number of anilines is 1. The molecule has 21 heavy (non-hydrogen) atoms. The zero-order valence-electron chi connectivity index (χ0n) is 11.1. The molecule has 0 aliphatic heterocycles. The van der Waals surface area contributed by atoms with Gasteiger partial charge in [-0.05, 0) is 12.1 Å². The molecule has 120 valence electrons. The lowest BCUT2D eigenvalue weighted by atomic mass is 10.3. The standard InChI is InChI=1S/C11H15F3N2O4S/c1-19-11-8(12)4-7(5-9(11)15)21(17,18)16-2-3-20-6-10(13)14/h4-5,10,16H,2-3,6,15H2,1H3. The molecule has 0 bridgehead atoms. The van der Waals surface area contributed by atoms with E-state index in [0.717, 1.165) is 12.1 Å². The molecule has 0 spiro atoms. The molecule has 0 aliphatic carbocycles. The van der Waals surface area contributed by atoms with E-state index in [1.807, 2.05) is 0 Å². The van der Waals surface area contributed by atoms with E-state index in [1.165, 1.54) is 7.11 Å². The van der Waals surface area contributed by atoms with Crippen LogP contribution in [0, 0.1) is 5.82 Å². The first kappa shape index (κ1) is 17.5. The van der Waals surface area contributed by atoms with Crippen LogP contribution in [0.1, 0.15) is 0 Å². The summed E-state index contributed by atoms with van der Waals surface area (Å²) >= 11 is 0. The van der Waals surface area contributed by atoms with Crippen LogP contribution in [0.3, 0.4) is 0 Å². The third kappa shape index (κ3) is 5.06. The van der Waals surface area contributed by atoms with Crippen LogP contribution in [0.25, 0.3) is 0 Å². The number of nitrogens with two attached hydrogens (primary N) is 1. The van der Waals surface area contributed by atoms with E-state index in [2.05, 4.69) is 14.2 Å². The smallest absolute Gasteiger partial charge is 0.261 e. The van der Waals surface area contributed by atoms with Crippen molar-refractivity contribution in [1.29, 1.82) is 0 Å². The van der Waals surface area contributed by atoms with Gasteiger partial charge < -0.3 is 15.2 Å². The number of nitrogens with one attached hydrogen (secondary N) is 1. The van der Waals surface area contributed by atoms with Crippen LogP contribution in [0.2, 0.25) is 0 Å². The summed E-state index contributed by atoms with van der Waals surface area (Å²) in [7, 11) is -2.83. The average molecular weight is 328 g/mol. The second-order valence-corrected chi connectivity index (χ2v) is 5.66. The van der Waals surface area contributed by atoms with E-state index in [-0.39, 0.29) is 24.6 Å². The van der Waals surface area contributed by atoms with E-state index >= 15 is 0 Å². The van der Waals surface area contributed by atoms with Crippen LogP contribution < -0.4 is 15.2 Å². The fourth-order valence-corrected chi connectivity index (χ4v) is 2.52. The number of methoxy groups -OCH3 is 1. The van der Waals surface area contributed by atoms with Crippen molar-refractivity contribution >= 4 is 15.7 Å². The predicted molar refractivity (Wildman–Crippen MR) is 69.4 cm³/mol. The maximum Gasteiger partial charge on any atom is 0.261 e. The van der Waals surface area contributed by atoms with Crippen molar-refractivity contribution in [1.82, 2.24) is 4.72 Å². The van der Waals surface area contributed by atoms with E-state index in [9.17, 15) is 21.6 Å². The molecule has 3 N–H and O–H groups in total. The second-order valence-electron chi connectivity index (χ2n) is 3.89. The molecule has 0 saturated heterocycles. The number of hydrogen-bond acceptors (Lipinski definition) is 5. The second kappa shape index (κ2) is 7.48. The third-order valence-corrected chi connectivity index (χ3v) is 3.78. The summed E-state index contributed by atoms with van der Waals surface area (Å²) < 4.78 is 72.1. The first-order valence-corrected chi connectivity index (χ1v) is 7.25. The van der Waals surface area contributed by atoms with Crippen LogP contribution in [0.5, 0.6) is 5.75 Å². The van der Waals surface area contributed by atoms with E-state index in [1.54, 1.807) is 0 Å². The molecule has 0 unspecified atom stereocenters. The normalized spacial score (nSPS) is 11.9. The van der Waals surface area contributed by atoms with Crippen molar-refractivity contribution in [2.45, 2.75) is 11.3 Å². The summed E-state index contributed by atoms with van der Waals surface area (Å²) in [5.41, 5.74) is 5.30. The van der Waals surface area contributed by atoms with Gasteiger partial charge in [-0.2, -0.15) is 0 Å². The number of sulfonamides is 1. The van der Waals surface area contributed by atoms with Crippen LogP contribution in [-0.4, -0.2) is 41.7 Å². The van der Waals surface area contributed by atoms with Gasteiger partial charge in [0.2, 0.25) is 10.0 Å². The number of hydrogen-bond donors (Lipinski definition) is 2. The summed E-state index contributed by atoms with van der Waals surface area (Å²) in [4.78, 5) is -0.396. The summed E-state index contributed by atoms with van der Waals surface area (Å²) in [6.07, 6.45) is -2.63. The number of benzene rings is 1. The maximum atomic E-state index is 13.6. The molecule has 0 fully saturated rings. The van der Waals surface area contributed by atoms with Gasteiger partial charge in [-0.15, -0.1) is 0 Å². The Kier molecular flexibility index (Phi) is 6.24. The SMILES string of the molecule is COc1c(N)cc(S(=O)(=O)NCCOCC(F)F)cc1F. The van der Waals surface area contributed by atoms with Gasteiger partial charge in [0, 0.05) is 6.54 Å². The minimum atomic E-state index is -4.02. The van der Waals surface area contributed by atoms with Crippen molar-refractivity contribution in [2.24, 2.45) is 0 Å². The maximum absolute atomic E-state index is 13.6. The molecule has 0 aromatic heterocycles. The number of ether oxygens (including phenoxy) is 2. The Labute approximate surface area is 120 Å². The Hall–Kier alpha value is -1.52. The van der Waals surface area contributed by atoms with Crippen molar-refractivity contribution in [3.8, 4) is 5.75 Å². The van der Waals surface area contributed by atoms with Gasteiger partial charge in [0.1, 0.15) is 6.61 Å². The van der Waals surface area contributed by atoms with E-state index in [4.69, 9.17) is 5.73 Å². The highest BCUT2D eigenvalue weighted by Crippen LogP contribution is 2.28. The highest BCUT2D eigenvalue weighted by atomic mass is 32.2. The molecule has 0 heterocycles. The highest BCUT2D eigenvalue weighted by molar-refractivity contribution is 7.89. The predicted octanol–water partition coefficient (Wildman–Crippen LogP) is 0.976. The van der Waals surface area contributed by atoms with Crippen LogP contribution in [0.4, 0.5) is 18.9 Å². The van der Waals surface area contributed by atoms with E-state index < -0.39 is 33.8 Å². The molecule has 0 amide bonds. The summed E-state index contributed by atoms with van der Waals surface area (Å²) in [6.45, 7) is -1.26. The molecule has 1 aromatic rings. The minimum Gasteiger partial charge on any atom is -0.492 e. The molecular weight excluding hydrogens is 313 g/mol. The number of nitrogen functional groups attached to an aromatic ring is 1. The van der Waals surface area contributed by atoms with Gasteiger partial charge in [0.25, 0.3) is 6.43 Å². The lowest BCUT2D eigenvalue weighted by Crippen LogP contribution is -2.28. The summed E-state index contributed by atoms with van der Waals surface area (Å²) in [5.74, 6) is -1.18. The average Bonchev–Trinajstić information content (AvgIpc) is 2.37. The van der Waals surface area contributed by atoms with Gasteiger partial charge in [-0.25, -0.2) is 26.3 Å². The molecular formula is C11H15F3N2O4S. The zero-order chi connectivity index (χ0) is 16.0. The Morgan fingerprint density at radius 1 is 1.38 bits per heavy atom. The van der Waals surface area contributed by atoms with Gasteiger partial charge in [0.15, 0.2) is 11.6 Å². The van der Waals surface area contributed by atoms with Gasteiger partial charge in [-0.1, -0.05) is 0 Å². The van der Waals surface area contributed by atoms with E-state index in [0.29, 0.717) is 0 Å². The number of alkyl halides is 2. The lowest BCUT2D eigenvalue weighted by Gasteiger charge is -2.10. The van der Waals surface area contributed by atoms with Gasteiger partial charge in [0.05, 0.1) is 24.3 Å². The monoisotopic (exact) mass is 328 g/mol. The lowest BCUT2D eigenvalue weighted by molar-refractivity contribution is 0.0199.